The van der Waals surface area contributed by atoms with Crippen molar-refractivity contribution in [1.29, 1.82) is 0 Å². The van der Waals surface area contributed by atoms with Gasteiger partial charge in [0.15, 0.2) is 11.6 Å². The molecule has 114 valence electrons. The van der Waals surface area contributed by atoms with Gasteiger partial charge < -0.3 is 5.32 Å². The minimum Gasteiger partial charge on any atom is -0.388 e. The Hall–Kier alpha value is -1.72. The number of hydrogen-bond acceptors (Lipinski definition) is 3. The van der Waals surface area contributed by atoms with Crippen LogP contribution in [0.3, 0.4) is 0 Å². The molecule has 0 radical (unpaired) electrons. The maximum absolute atomic E-state index is 13.8. The maximum atomic E-state index is 13.8. The van der Waals surface area contributed by atoms with Gasteiger partial charge in [-0.1, -0.05) is 12.1 Å². The number of benzene rings is 1. The van der Waals surface area contributed by atoms with Gasteiger partial charge >= 0.3 is 0 Å². The molecule has 1 aromatic rings. The smallest absolute Gasteiger partial charge is 0.166 e. The number of nitrogens with one attached hydrogen (secondary N) is 3. The summed E-state index contributed by atoms with van der Waals surface area (Å²) in [7, 11) is 5.60. The van der Waals surface area contributed by atoms with Crippen molar-refractivity contribution in [1.82, 2.24) is 16.0 Å². The van der Waals surface area contributed by atoms with Crippen LogP contribution in [0.15, 0.2) is 35.5 Å². The Labute approximate surface area is 124 Å². The summed E-state index contributed by atoms with van der Waals surface area (Å²) >= 11 is 0. The molecule has 3 nitrogen and oxygen atoms in total. The van der Waals surface area contributed by atoms with E-state index in [1.807, 2.05) is 27.2 Å². The first-order valence-corrected chi connectivity index (χ1v) is 6.98. The Kier molecular flexibility index (Phi) is 4.75. The van der Waals surface area contributed by atoms with E-state index in [1.54, 1.807) is 12.1 Å². The lowest BCUT2D eigenvalue weighted by Crippen LogP contribution is -2.54. The minimum atomic E-state index is -0.824. The van der Waals surface area contributed by atoms with Gasteiger partial charge in [0.05, 0.1) is 5.66 Å². The molecule has 0 aromatic heterocycles. The van der Waals surface area contributed by atoms with Gasteiger partial charge in [-0.15, -0.1) is 0 Å². The van der Waals surface area contributed by atoms with Gasteiger partial charge in [0.1, 0.15) is 0 Å². The molecule has 5 heteroatoms. The predicted molar refractivity (Wildman–Crippen MR) is 81.6 cm³/mol. The van der Waals surface area contributed by atoms with Gasteiger partial charge in [0, 0.05) is 18.3 Å². The summed E-state index contributed by atoms with van der Waals surface area (Å²) < 4.78 is 27.1. The fourth-order valence-electron chi connectivity index (χ4n) is 2.60. The van der Waals surface area contributed by atoms with Crippen molar-refractivity contribution in [3.8, 4) is 0 Å². The predicted octanol–water partition coefficient (Wildman–Crippen LogP) is 2.38. The van der Waals surface area contributed by atoms with E-state index in [1.165, 1.54) is 6.07 Å². The molecule has 0 unspecified atom stereocenters. The first-order chi connectivity index (χ1) is 10.0. The molecule has 1 aromatic carbocycles. The van der Waals surface area contributed by atoms with Crippen LogP contribution in [0.25, 0.3) is 6.08 Å². The molecule has 1 aliphatic rings. The van der Waals surface area contributed by atoms with Crippen molar-refractivity contribution >= 4 is 6.08 Å². The summed E-state index contributed by atoms with van der Waals surface area (Å²) in [4.78, 5) is 0. The second-order valence-corrected chi connectivity index (χ2v) is 5.09. The Morgan fingerprint density at radius 1 is 1.14 bits per heavy atom. The highest BCUT2D eigenvalue weighted by Crippen LogP contribution is 2.29. The monoisotopic (exact) mass is 293 g/mol. The molecule has 0 heterocycles. The van der Waals surface area contributed by atoms with E-state index in [0.717, 1.165) is 30.2 Å². The van der Waals surface area contributed by atoms with Gasteiger partial charge in [-0.05, 0) is 50.7 Å². The van der Waals surface area contributed by atoms with Crippen LogP contribution >= 0.6 is 0 Å². The lowest BCUT2D eigenvalue weighted by Gasteiger charge is -2.35. The molecule has 1 aliphatic carbocycles. The molecule has 2 rings (SSSR count). The van der Waals surface area contributed by atoms with E-state index in [0.29, 0.717) is 0 Å². The van der Waals surface area contributed by atoms with Crippen molar-refractivity contribution in [2.24, 2.45) is 0 Å². The van der Waals surface area contributed by atoms with Crippen LogP contribution in [-0.4, -0.2) is 26.8 Å². The average molecular weight is 293 g/mol. The largest absolute Gasteiger partial charge is 0.388 e. The van der Waals surface area contributed by atoms with E-state index in [-0.39, 0.29) is 11.2 Å². The third-order valence-corrected chi connectivity index (χ3v) is 4.00. The van der Waals surface area contributed by atoms with E-state index >= 15 is 0 Å². The molecule has 0 amide bonds. The van der Waals surface area contributed by atoms with Crippen molar-refractivity contribution < 1.29 is 8.78 Å². The summed E-state index contributed by atoms with van der Waals surface area (Å²) in [6.45, 7) is 0. The summed E-state index contributed by atoms with van der Waals surface area (Å²) in [5.41, 5.74) is 1.86. The van der Waals surface area contributed by atoms with E-state index in [2.05, 4.69) is 16.0 Å². The van der Waals surface area contributed by atoms with Gasteiger partial charge in [-0.2, -0.15) is 0 Å². The normalized spacial score (nSPS) is 19.5. The Morgan fingerprint density at radius 3 is 2.48 bits per heavy atom. The minimum absolute atomic E-state index is 0.271. The molecule has 0 bridgehead atoms. The van der Waals surface area contributed by atoms with Gasteiger partial charge in [-0.3, -0.25) is 10.6 Å². The first kappa shape index (κ1) is 15.7. The van der Waals surface area contributed by atoms with E-state index < -0.39 is 11.6 Å². The highest BCUT2D eigenvalue weighted by atomic mass is 19.2. The van der Waals surface area contributed by atoms with Crippen LogP contribution in [0, 0.1) is 11.6 Å². The number of allylic oxidation sites excluding steroid dienone is 1. The zero-order valence-electron chi connectivity index (χ0n) is 12.6. The van der Waals surface area contributed by atoms with Crippen LogP contribution in [0.1, 0.15) is 18.4 Å². The Balaban J connectivity index is 2.41. The highest BCUT2D eigenvalue weighted by molar-refractivity contribution is 5.60. The topological polar surface area (TPSA) is 36.1 Å². The van der Waals surface area contributed by atoms with Gasteiger partial charge in [-0.25, -0.2) is 8.78 Å². The Bertz CT molecular complexity index is 575. The summed E-state index contributed by atoms with van der Waals surface area (Å²) in [5.74, 6) is -1.63. The lowest BCUT2D eigenvalue weighted by molar-refractivity contribution is 0.338. The molecular weight excluding hydrogens is 272 g/mol. The third-order valence-electron chi connectivity index (χ3n) is 4.00. The molecule has 0 fully saturated rings. The molecule has 3 N–H and O–H groups in total. The van der Waals surface area contributed by atoms with E-state index in [9.17, 15) is 8.78 Å². The zero-order valence-corrected chi connectivity index (χ0v) is 12.6. The third kappa shape index (κ3) is 3.14. The number of hydrogen-bond donors (Lipinski definition) is 3. The fourth-order valence-corrected chi connectivity index (χ4v) is 2.60. The van der Waals surface area contributed by atoms with Crippen molar-refractivity contribution in [2.45, 2.75) is 18.5 Å². The summed E-state index contributed by atoms with van der Waals surface area (Å²) in [6, 6.07) is 4.22. The molecule has 0 atom stereocenters. The Morgan fingerprint density at radius 2 is 1.86 bits per heavy atom. The first-order valence-electron chi connectivity index (χ1n) is 6.98. The summed E-state index contributed by atoms with van der Waals surface area (Å²) in [6.07, 6.45) is 5.33. The molecule has 0 saturated carbocycles. The van der Waals surface area contributed by atoms with Gasteiger partial charge in [0.25, 0.3) is 0 Å². The molecule has 0 aliphatic heterocycles. The number of halogens is 2. The van der Waals surface area contributed by atoms with Crippen molar-refractivity contribution in [3.63, 3.8) is 0 Å². The highest BCUT2D eigenvalue weighted by Gasteiger charge is 2.29. The fraction of sp³-hybridized carbons (Fsp3) is 0.375. The van der Waals surface area contributed by atoms with E-state index in [4.69, 9.17) is 0 Å². The van der Waals surface area contributed by atoms with Gasteiger partial charge in [0.2, 0.25) is 0 Å². The SMILES string of the molecule is CNC1=CC(NC)(NC)CCC1=Cc1cccc(F)c1F. The number of likely N-dealkylation sites (N-methyl/N-ethyl adjacent to an activating group) is 3. The van der Waals surface area contributed by atoms with Crippen LogP contribution in [-0.2, 0) is 0 Å². The number of rotatable bonds is 4. The van der Waals surface area contributed by atoms with Crippen LogP contribution < -0.4 is 16.0 Å². The lowest BCUT2D eigenvalue weighted by atomic mass is 9.88. The average Bonchev–Trinajstić information content (AvgIpc) is 2.52. The molecule has 0 spiro atoms. The molecular formula is C16H21F2N3. The van der Waals surface area contributed by atoms with Crippen LogP contribution in [0.5, 0.6) is 0 Å². The van der Waals surface area contributed by atoms with Crippen LogP contribution in [0.4, 0.5) is 8.78 Å². The zero-order chi connectivity index (χ0) is 15.5. The van der Waals surface area contributed by atoms with Crippen molar-refractivity contribution in [2.75, 3.05) is 21.1 Å². The summed E-state index contributed by atoms with van der Waals surface area (Å²) in [5, 5.41) is 9.62. The quantitative estimate of drug-likeness (QED) is 0.746. The molecule has 21 heavy (non-hydrogen) atoms. The van der Waals surface area contributed by atoms with Crippen LogP contribution in [0.2, 0.25) is 0 Å². The van der Waals surface area contributed by atoms with Crippen molar-refractivity contribution in [3.05, 3.63) is 52.7 Å². The maximum Gasteiger partial charge on any atom is 0.166 e. The standard InChI is InChI=1S/C16H21F2N3/c1-19-14-10-16(20-2,21-3)8-7-11(14)9-12-5-4-6-13(17)15(12)18/h4-6,9-10,19-21H,7-8H2,1-3H3. The molecule has 0 saturated heterocycles. The second kappa shape index (κ2) is 6.37. The second-order valence-electron chi connectivity index (χ2n) is 5.09.